The molecule has 0 saturated carbocycles. The molecule has 2 saturated heterocycles. The summed E-state index contributed by atoms with van der Waals surface area (Å²) in [6, 6.07) is 7.87. The van der Waals surface area contributed by atoms with E-state index in [1.54, 1.807) is 22.6 Å². The highest BCUT2D eigenvalue weighted by molar-refractivity contribution is 5.95. The van der Waals surface area contributed by atoms with Gasteiger partial charge in [-0.15, -0.1) is 0 Å². The number of carbonyl (C=O) groups excluding carboxylic acids is 2. The van der Waals surface area contributed by atoms with Gasteiger partial charge in [-0.05, 0) is 67.9 Å². The van der Waals surface area contributed by atoms with Gasteiger partial charge in [0.1, 0.15) is 11.2 Å². The van der Waals surface area contributed by atoms with Crippen molar-refractivity contribution in [3.8, 4) is 5.69 Å². The molecule has 5 rings (SSSR count). The number of hydrogen-bond donors (Lipinski definition) is 1. The van der Waals surface area contributed by atoms with E-state index in [1.165, 1.54) is 11.1 Å². The predicted octanol–water partition coefficient (Wildman–Crippen LogP) is 2.35. The third-order valence-corrected chi connectivity index (χ3v) is 6.59. The van der Waals surface area contributed by atoms with Crippen LogP contribution in [0.1, 0.15) is 46.3 Å². The first-order valence-electron chi connectivity index (χ1n) is 10.6. The quantitative estimate of drug-likeness (QED) is 0.829. The number of amides is 2. The minimum atomic E-state index is -0.688. The number of likely N-dealkylation sites (tertiary alicyclic amines) is 1. The van der Waals surface area contributed by atoms with Crippen LogP contribution in [0.5, 0.6) is 0 Å². The zero-order chi connectivity index (χ0) is 20.9. The van der Waals surface area contributed by atoms with Crippen molar-refractivity contribution in [3.05, 3.63) is 63.1 Å². The van der Waals surface area contributed by atoms with E-state index in [1.807, 2.05) is 18.2 Å². The van der Waals surface area contributed by atoms with Crippen molar-refractivity contribution in [1.29, 1.82) is 0 Å². The standard InChI is InChI=1S/C23H25N3O4/c1-15-9-12-26(18-8-3-6-16-5-2-7-17(16)18)21(28)19(15)20(27)25-11-4-10-23(14-25)13-24-22(29)30-23/h3,6,8-9,12H,2,4-5,7,10-11,13-14H2,1H3,(H,24,29). The Morgan fingerprint density at radius 2 is 2.03 bits per heavy atom. The lowest BCUT2D eigenvalue weighted by molar-refractivity contribution is -0.00514. The third-order valence-electron chi connectivity index (χ3n) is 6.59. The second kappa shape index (κ2) is 7.00. The predicted molar refractivity (Wildman–Crippen MR) is 111 cm³/mol. The molecule has 7 nitrogen and oxygen atoms in total. The molecule has 2 amide bonds. The Bertz CT molecular complexity index is 1110. The van der Waals surface area contributed by atoms with Crippen molar-refractivity contribution in [1.82, 2.24) is 14.8 Å². The number of piperidine rings is 1. The Kier molecular flexibility index (Phi) is 4.41. The van der Waals surface area contributed by atoms with Crippen LogP contribution in [0.25, 0.3) is 5.69 Å². The molecule has 1 unspecified atom stereocenters. The van der Waals surface area contributed by atoms with Gasteiger partial charge in [0.2, 0.25) is 0 Å². The number of nitrogens with zero attached hydrogens (tertiary/aromatic N) is 2. The molecule has 2 fully saturated rings. The molecule has 156 valence electrons. The van der Waals surface area contributed by atoms with Crippen LogP contribution >= 0.6 is 0 Å². The average Bonchev–Trinajstić information content (AvgIpc) is 3.35. The number of carbonyl (C=O) groups is 2. The van der Waals surface area contributed by atoms with Gasteiger partial charge in [-0.3, -0.25) is 14.2 Å². The van der Waals surface area contributed by atoms with E-state index in [2.05, 4.69) is 11.4 Å². The highest BCUT2D eigenvalue weighted by atomic mass is 16.6. The summed E-state index contributed by atoms with van der Waals surface area (Å²) in [5, 5.41) is 2.69. The minimum absolute atomic E-state index is 0.197. The number of nitrogens with one attached hydrogen (secondary N) is 1. The Labute approximate surface area is 174 Å². The van der Waals surface area contributed by atoms with Crippen molar-refractivity contribution in [2.75, 3.05) is 19.6 Å². The van der Waals surface area contributed by atoms with E-state index >= 15 is 0 Å². The largest absolute Gasteiger partial charge is 0.439 e. The molecule has 0 bridgehead atoms. The molecular formula is C23H25N3O4. The molecule has 1 aromatic heterocycles. The van der Waals surface area contributed by atoms with Crippen LogP contribution in [-0.2, 0) is 17.6 Å². The van der Waals surface area contributed by atoms with Crippen molar-refractivity contribution in [2.45, 2.75) is 44.6 Å². The van der Waals surface area contributed by atoms with Crippen LogP contribution < -0.4 is 10.9 Å². The van der Waals surface area contributed by atoms with Gasteiger partial charge in [-0.1, -0.05) is 12.1 Å². The molecule has 3 aliphatic rings. The van der Waals surface area contributed by atoms with Crippen LogP contribution in [0.3, 0.4) is 0 Å². The summed E-state index contributed by atoms with van der Waals surface area (Å²) in [5.41, 5.74) is 3.23. The van der Waals surface area contributed by atoms with Gasteiger partial charge >= 0.3 is 6.09 Å². The van der Waals surface area contributed by atoms with Gasteiger partial charge in [0.15, 0.2) is 0 Å². The first kappa shape index (κ1) is 18.9. The van der Waals surface area contributed by atoms with Crippen LogP contribution in [0.15, 0.2) is 35.3 Å². The van der Waals surface area contributed by atoms with E-state index in [4.69, 9.17) is 4.74 Å². The summed E-state index contributed by atoms with van der Waals surface area (Å²) in [4.78, 5) is 40.1. The maximum absolute atomic E-state index is 13.5. The normalized spacial score (nSPS) is 22.7. The highest BCUT2D eigenvalue weighted by Gasteiger charge is 2.45. The summed E-state index contributed by atoms with van der Waals surface area (Å²) < 4.78 is 7.10. The van der Waals surface area contributed by atoms with Crippen molar-refractivity contribution >= 4 is 12.0 Å². The number of rotatable bonds is 2. The van der Waals surface area contributed by atoms with Crippen molar-refractivity contribution in [2.24, 2.45) is 0 Å². The van der Waals surface area contributed by atoms with E-state index < -0.39 is 11.7 Å². The molecule has 1 spiro atoms. The molecule has 2 aliphatic heterocycles. The third kappa shape index (κ3) is 3.00. The zero-order valence-electron chi connectivity index (χ0n) is 17.1. The molecule has 1 aromatic carbocycles. The molecule has 3 heterocycles. The fourth-order valence-electron chi connectivity index (χ4n) is 5.06. The average molecular weight is 407 g/mol. The number of hydrogen-bond acceptors (Lipinski definition) is 4. The number of alkyl carbamates (subject to hydrolysis) is 1. The smallest absolute Gasteiger partial charge is 0.407 e. The summed E-state index contributed by atoms with van der Waals surface area (Å²) in [6.45, 7) is 3.04. The fraction of sp³-hybridized carbons (Fsp3) is 0.435. The Balaban J connectivity index is 1.52. The summed E-state index contributed by atoms with van der Waals surface area (Å²) in [6.07, 6.45) is 5.82. The molecular weight excluding hydrogens is 382 g/mol. The van der Waals surface area contributed by atoms with Gasteiger partial charge in [0.25, 0.3) is 11.5 Å². The monoisotopic (exact) mass is 407 g/mol. The summed E-state index contributed by atoms with van der Waals surface area (Å²) in [5.74, 6) is -0.290. The molecule has 30 heavy (non-hydrogen) atoms. The second-order valence-corrected chi connectivity index (χ2v) is 8.57. The molecule has 2 aromatic rings. The highest BCUT2D eigenvalue weighted by Crippen LogP contribution is 2.30. The maximum Gasteiger partial charge on any atom is 0.407 e. The van der Waals surface area contributed by atoms with Gasteiger partial charge < -0.3 is 15.0 Å². The van der Waals surface area contributed by atoms with Gasteiger partial charge in [0, 0.05) is 12.7 Å². The summed E-state index contributed by atoms with van der Waals surface area (Å²) in [7, 11) is 0. The first-order valence-corrected chi connectivity index (χ1v) is 10.6. The Morgan fingerprint density at radius 3 is 2.83 bits per heavy atom. The van der Waals surface area contributed by atoms with Crippen molar-refractivity contribution < 1.29 is 14.3 Å². The Hall–Kier alpha value is -3.09. The molecule has 1 aliphatic carbocycles. The zero-order valence-corrected chi connectivity index (χ0v) is 17.1. The molecule has 7 heteroatoms. The number of fused-ring (bicyclic) bond motifs is 1. The van der Waals surface area contributed by atoms with E-state index in [9.17, 15) is 14.4 Å². The van der Waals surface area contributed by atoms with Crippen LogP contribution in [0.2, 0.25) is 0 Å². The number of aryl methyl sites for hydroxylation is 2. The van der Waals surface area contributed by atoms with E-state index in [0.29, 0.717) is 31.6 Å². The number of ether oxygens (including phenoxy) is 1. The van der Waals surface area contributed by atoms with Gasteiger partial charge in [-0.2, -0.15) is 0 Å². The lowest BCUT2D eigenvalue weighted by Crippen LogP contribution is -2.53. The first-order chi connectivity index (χ1) is 14.5. The molecule has 1 N–H and O–H groups in total. The Morgan fingerprint density at radius 1 is 1.17 bits per heavy atom. The lowest BCUT2D eigenvalue weighted by atomic mass is 9.92. The molecule has 0 radical (unpaired) electrons. The van der Waals surface area contributed by atoms with Crippen molar-refractivity contribution in [3.63, 3.8) is 0 Å². The molecule has 1 atom stereocenters. The van der Waals surface area contributed by atoms with Crippen LogP contribution in [0.4, 0.5) is 4.79 Å². The SMILES string of the molecule is Cc1ccn(-c2cccc3c2CCC3)c(=O)c1C(=O)N1CCCC2(CNC(=O)O2)C1. The second-order valence-electron chi connectivity index (χ2n) is 8.57. The number of benzene rings is 1. The van der Waals surface area contributed by atoms with Crippen LogP contribution in [-0.4, -0.2) is 46.7 Å². The lowest BCUT2D eigenvalue weighted by Gasteiger charge is -2.38. The maximum atomic E-state index is 13.5. The minimum Gasteiger partial charge on any atom is -0.439 e. The van der Waals surface area contributed by atoms with E-state index in [-0.39, 0.29) is 17.0 Å². The van der Waals surface area contributed by atoms with Gasteiger partial charge in [-0.25, -0.2) is 4.79 Å². The topological polar surface area (TPSA) is 80.6 Å². The number of aromatic nitrogens is 1. The van der Waals surface area contributed by atoms with E-state index in [0.717, 1.165) is 31.4 Å². The fourth-order valence-corrected chi connectivity index (χ4v) is 5.06. The van der Waals surface area contributed by atoms with Gasteiger partial charge in [0.05, 0.1) is 18.8 Å². The number of pyridine rings is 1. The van der Waals surface area contributed by atoms with Crippen LogP contribution in [0, 0.1) is 6.92 Å². The summed E-state index contributed by atoms with van der Waals surface area (Å²) >= 11 is 0.